The molecule has 0 aliphatic heterocycles. The van der Waals surface area contributed by atoms with Crippen molar-refractivity contribution in [1.29, 1.82) is 0 Å². The van der Waals surface area contributed by atoms with Gasteiger partial charge in [-0.1, -0.05) is 59.7 Å². The molecule has 3 aromatic carbocycles. The zero-order valence-corrected chi connectivity index (χ0v) is 16.0. The SMILES string of the molecule is CSc1ccc(N(Cc2ccc(C)cc2)Cc2ccc(C)cc2)cc1. The Morgan fingerprint density at radius 1 is 0.640 bits per heavy atom. The molecule has 2 heteroatoms. The molecule has 0 aliphatic rings. The van der Waals surface area contributed by atoms with Crippen LogP contribution in [0.2, 0.25) is 0 Å². The number of rotatable bonds is 6. The van der Waals surface area contributed by atoms with Gasteiger partial charge in [-0.15, -0.1) is 11.8 Å². The average molecular weight is 348 g/mol. The fourth-order valence-electron chi connectivity index (χ4n) is 2.86. The topological polar surface area (TPSA) is 3.24 Å². The molecule has 0 atom stereocenters. The highest BCUT2D eigenvalue weighted by atomic mass is 32.2. The Labute approximate surface area is 155 Å². The normalized spacial score (nSPS) is 10.7. The largest absolute Gasteiger partial charge is 0.363 e. The molecule has 0 spiro atoms. The van der Waals surface area contributed by atoms with Gasteiger partial charge in [0.1, 0.15) is 0 Å². The number of hydrogen-bond acceptors (Lipinski definition) is 2. The van der Waals surface area contributed by atoms with Crippen LogP contribution in [0.5, 0.6) is 0 Å². The van der Waals surface area contributed by atoms with E-state index in [1.165, 1.54) is 32.8 Å². The summed E-state index contributed by atoms with van der Waals surface area (Å²) in [5.41, 5.74) is 6.55. The van der Waals surface area contributed by atoms with Crippen molar-refractivity contribution in [1.82, 2.24) is 0 Å². The molecule has 0 aromatic heterocycles. The van der Waals surface area contributed by atoms with Crippen LogP contribution in [0.4, 0.5) is 5.69 Å². The first-order chi connectivity index (χ1) is 12.1. The van der Waals surface area contributed by atoms with E-state index in [-0.39, 0.29) is 0 Å². The molecule has 0 heterocycles. The molecule has 25 heavy (non-hydrogen) atoms. The van der Waals surface area contributed by atoms with Crippen molar-refractivity contribution in [3.05, 3.63) is 95.1 Å². The zero-order valence-electron chi connectivity index (χ0n) is 15.2. The standard InChI is InChI=1S/C23H25NS/c1-18-4-8-20(9-5-18)16-24(17-21-10-6-19(2)7-11-21)22-12-14-23(25-3)15-13-22/h4-15H,16-17H2,1-3H3. The Balaban J connectivity index is 1.85. The maximum absolute atomic E-state index is 2.44. The molecule has 1 nitrogen and oxygen atoms in total. The van der Waals surface area contributed by atoms with Gasteiger partial charge in [-0.05, 0) is 55.5 Å². The Morgan fingerprint density at radius 3 is 1.48 bits per heavy atom. The van der Waals surface area contributed by atoms with Gasteiger partial charge >= 0.3 is 0 Å². The van der Waals surface area contributed by atoms with E-state index in [0.717, 1.165) is 13.1 Å². The van der Waals surface area contributed by atoms with E-state index < -0.39 is 0 Å². The number of hydrogen-bond donors (Lipinski definition) is 0. The van der Waals surface area contributed by atoms with Gasteiger partial charge in [0.25, 0.3) is 0 Å². The summed E-state index contributed by atoms with van der Waals surface area (Å²) < 4.78 is 0. The number of benzene rings is 3. The first kappa shape index (κ1) is 17.6. The molecule has 0 bridgehead atoms. The number of thioether (sulfide) groups is 1. The molecule has 128 valence electrons. The fourth-order valence-corrected chi connectivity index (χ4v) is 3.27. The van der Waals surface area contributed by atoms with Crippen LogP contribution >= 0.6 is 11.8 Å². The van der Waals surface area contributed by atoms with E-state index >= 15 is 0 Å². The Hall–Kier alpha value is -2.19. The van der Waals surface area contributed by atoms with Crippen LogP contribution in [0.25, 0.3) is 0 Å². The average Bonchev–Trinajstić information content (AvgIpc) is 2.65. The predicted molar refractivity (Wildman–Crippen MR) is 110 cm³/mol. The van der Waals surface area contributed by atoms with E-state index in [1.54, 1.807) is 11.8 Å². The van der Waals surface area contributed by atoms with Crippen LogP contribution < -0.4 is 4.90 Å². The Morgan fingerprint density at radius 2 is 1.08 bits per heavy atom. The molecule has 0 saturated heterocycles. The summed E-state index contributed by atoms with van der Waals surface area (Å²) in [5.74, 6) is 0. The maximum atomic E-state index is 2.44. The molecule has 0 saturated carbocycles. The third kappa shape index (κ3) is 4.90. The highest BCUT2D eigenvalue weighted by Crippen LogP contribution is 2.24. The van der Waals surface area contributed by atoms with E-state index in [1.807, 2.05) is 0 Å². The summed E-state index contributed by atoms with van der Waals surface area (Å²) in [5, 5.41) is 0. The van der Waals surface area contributed by atoms with E-state index in [2.05, 4.69) is 97.8 Å². The van der Waals surface area contributed by atoms with Crippen molar-refractivity contribution in [3.63, 3.8) is 0 Å². The van der Waals surface area contributed by atoms with Crippen molar-refractivity contribution in [2.24, 2.45) is 0 Å². The second-order valence-electron chi connectivity index (χ2n) is 6.53. The molecule has 0 fully saturated rings. The van der Waals surface area contributed by atoms with Gasteiger partial charge in [-0.25, -0.2) is 0 Å². The minimum absolute atomic E-state index is 0.909. The highest BCUT2D eigenvalue weighted by Gasteiger charge is 2.09. The van der Waals surface area contributed by atoms with Crippen molar-refractivity contribution in [3.8, 4) is 0 Å². The van der Waals surface area contributed by atoms with Crippen LogP contribution in [-0.2, 0) is 13.1 Å². The van der Waals surface area contributed by atoms with Crippen LogP contribution in [0.3, 0.4) is 0 Å². The van der Waals surface area contributed by atoms with Crippen molar-refractivity contribution in [2.75, 3.05) is 11.2 Å². The van der Waals surface area contributed by atoms with Crippen molar-refractivity contribution >= 4 is 17.4 Å². The molecular formula is C23H25NS. The van der Waals surface area contributed by atoms with E-state index in [9.17, 15) is 0 Å². The summed E-state index contributed by atoms with van der Waals surface area (Å²) in [4.78, 5) is 3.74. The quantitative estimate of drug-likeness (QED) is 0.486. The van der Waals surface area contributed by atoms with E-state index in [4.69, 9.17) is 0 Å². The van der Waals surface area contributed by atoms with E-state index in [0.29, 0.717) is 0 Å². The van der Waals surface area contributed by atoms with Gasteiger partial charge in [0.15, 0.2) is 0 Å². The number of nitrogens with zero attached hydrogens (tertiary/aromatic N) is 1. The smallest absolute Gasteiger partial charge is 0.0433 e. The van der Waals surface area contributed by atoms with Gasteiger partial charge < -0.3 is 4.90 Å². The molecule has 0 unspecified atom stereocenters. The summed E-state index contributed by atoms with van der Waals surface area (Å²) in [6.07, 6.45) is 2.12. The lowest BCUT2D eigenvalue weighted by Crippen LogP contribution is -2.22. The molecule has 0 radical (unpaired) electrons. The molecule has 0 aliphatic carbocycles. The van der Waals surface area contributed by atoms with Crippen molar-refractivity contribution < 1.29 is 0 Å². The summed E-state index contributed by atoms with van der Waals surface area (Å²) in [7, 11) is 0. The minimum atomic E-state index is 0.909. The lowest BCUT2D eigenvalue weighted by atomic mass is 10.1. The first-order valence-corrected chi connectivity index (χ1v) is 9.86. The molecule has 3 aromatic rings. The molecule has 0 amide bonds. The zero-order chi connectivity index (χ0) is 17.6. The maximum Gasteiger partial charge on any atom is 0.0433 e. The molecule has 0 N–H and O–H groups in total. The van der Waals surface area contributed by atoms with Crippen LogP contribution in [0.1, 0.15) is 22.3 Å². The van der Waals surface area contributed by atoms with Gasteiger partial charge in [-0.3, -0.25) is 0 Å². The third-order valence-electron chi connectivity index (χ3n) is 4.43. The van der Waals surface area contributed by atoms with Gasteiger partial charge in [0.2, 0.25) is 0 Å². The third-order valence-corrected chi connectivity index (χ3v) is 5.17. The second-order valence-corrected chi connectivity index (χ2v) is 7.40. The summed E-state index contributed by atoms with van der Waals surface area (Å²) in [6, 6.07) is 26.6. The van der Waals surface area contributed by atoms with Crippen LogP contribution in [-0.4, -0.2) is 6.26 Å². The first-order valence-electron chi connectivity index (χ1n) is 8.64. The highest BCUT2D eigenvalue weighted by molar-refractivity contribution is 7.98. The number of aryl methyl sites for hydroxylation is 2. The van der Waals surface area contributed by atoms with Crippen LogP contribution in [0.15, 0.2) is 77.7 Å². The molecule has 3 rings (SSSR count). The monoisotopic (exact) mass is 347 g/mol. The predicted octanol–water partition coefficient (Wildman–Crippen LogP) is 6.23. The minimum Gasteiger partial charge on any atom is -0.363 e. The summed E-state index contributed by atoms with van der Waals surface area (Å²) >= 11 is 1.78. The van der Waals surface area contributed by atoms with Gasteiger partial charge in [0, 0.05) is 23.7 Å². The summed E-state index contributed by atoms with van der Waals surface area (Å²) in [6.45, 7) is 6.09. The van der Waals surface area contributed by atoms with Gasteiger partial charge in [0.05, 0.1) is 0 Å². The lowest BCUT2D eigenvalue weighted by Gasteiger charge is -2.25. The fraction of sp³-hybridized carbons (Fsp3) is 0.217. The number of anilines is 1. The Bertz CT molecular complexity index is 742. The van der Waals surface area contributed by atoms with Crippen LogP contribution in [0, 0.1) is 13.8 Å². The second kappa shape index (κ2) is 8.26. The van der Waals surface area contributed by atoms with Gasteiger partial charge in [-0.2, -0.15) is 0 Å². The molecular weight excluding hydrogens is 322 g/mol. The Kier molecular flexibility index (Phi) is 5.83. The van der Waals surface area contributed by atoms with Crippen molar-refractivity contribution in [2.45, 2.75) is 31.8 Å². The lowest BCUT2D eigenvalue weighted by molar-refractivity contribution is 0.799.